The third-order valence-corrected chi connectivity index (χ3v) is 3.02. The molecular weight excluding hydrogens is 208 g/mol. The lowest BCUT2D eigenvalue weighted by atomic mass is 10.3. The van der Waals surface area contributed by atoms with Crippen molar-refractivity contribution in [2.24, 2.45) is 0 Å². The van der Waals surface area contributed by atoms with Gasteiger partial charge in [0, 0.05) is 17.1 Å². The van der Waals surface area contributed by atoms with Crippen molar-refractivity contribution < 1.29 is 4.79 Å². The van der Waals surface area contributed by atoms with E-state index in [1.54, 1.807) is 6.07 Å². The topological polar surface area (TPSA) is 55.1 Å². The lowest BCUT2D eigenvalue weighted by molar-refractivity contribution is 0.0962. The van der Waals surface area contributed by atoms with Crippen molar-refractivity contribution in [1.29, 1.82) is 0 Å². The van der Waals surface area contributed by atoms with E-state index in [0.29, 0.717) is 17.1 Å². The van der Waals surface area contributed by atoms with Crippen molar-refractivity contribution in [3.05, 3.63) is 27.5 Å². The predicted octanol–water partition coefficient (Wildman–Crippen LogP) is 2.33. The Morgan fingerprint density at radius 3 is 2.73 bits per heavy atom. The Morgan fingerprint density at radius 2 is 2.27 bits per heavy atom. The van der Waals surface area contributed by atoms with Gasteiger partial charge in [-0.15, -0.1) is 11.3 Å². The minimum Gasteiger partial charge on any atom is -0.398 e. The van der Waals surface area contributed by atoms with Crippen LogP contribution in [0.1, 0.15) is 28.4 Å². The van der Waals surface area contributed by atoms with Gasteiger partial charge in [-0.1, -0.05) is 11.6 Å². The molecule has 0 atom stereocenters. The number of hydrogen-bond acceptors (Lipinski definition) is 3. The van der Waals surface area contributed by atoms with Crippen molar-refractivity contribution in [1.82, 2.24) is 5.32 Å². The van der Waals surface area contributed by atoms with Crippen molar-refractivity contribution >= 4 is 22.9 Å². The summed E-state index contributed by atoms with van der Waals surface area (Å²) in [6, 6.07) is 1.72. The number of nitrogens with one attached hydrogen (secondary N) is 1. The van der Waals surface area contributed by atoms with Crippen LogP contribution < -0.4 is 11.1 Å². The molecule has 1 rings (SSSR count). The Kier molecular flexibility index (Phi) is 3.91. The van der Waals surface area contributed by atoms with Crippen LogP contribution in [0.25, 0.3) is 0 Å². The molecular formula is C11H16N2OS. The maximum absolute atomic E-state index is 11.6. The number of aryl methyl sites for hydroxylation is 1. The standard InChI is InChI=1S/C11H16N2OS/c1-7(2)4-5-13-11(14)10-6-9(12)8(3)15-10/h4,6H,5,12H2,1-3H3,(H,13,14). The van der Waals surface area contributed by atoms with Gasteiger partial charge in [0.25, 0.3) is 5.91 Å². The molecule has 1 amide bonds. The molecule has 0 bridgehead atoms. The molecule has 0 aliphatic rings. The summed E-state index contributed by atoms with van der Waals surface area (Å²) in [7, 11) is 0. The molecule has 1 aromatic heterocycles. The number of amides is 1. The Hall–Kier alpha value is -1.29. The third-order valence-electron chi connectivity index (χ3n) is 1.95. The molecule has 0 spiro atoms. The van der Waals surface area contributed by atoms with Crippen LogP contribution in [0.2, 0.25) is 0 Å². The minimum absolute atomic E-state index is 0.0581. The van der Waals surface area contributed by atoms with E-state index in [9.17, 15) is 4.79 Å². The quantitative estimate of drug-likeness (QED) is 0.774. The second kappa shape index (κ2) is 4.98. The van der Waals surface area contributed by atoms with Crippen LogP contribution in [0, 0.1) is 6.92 Å². The van der Waals surface area contributed by atoms with Gasteiger partial charge in [0.15, 0.2) is 0 Å². The number of allylic oxidation sites excluding steroid dienone is 1. The molecule has 0 aliphatic carbocycles. The zero-order valence-electron chi connectivity index (χ0n) is 9.26. The zero-order valence-corrected chi connectivity index (χ0v) is 10.1. The summed E-state index contributed by atoms with van der Waals surface area (Å²) in [5, 5.41) is 2.81. The lowest BCUT2D eigenvalue weighted by Crippen LogP contribution is -2.22. The van der Waals surface area contributed by atoms with Crippen molar-refractivity contribution in [3.63, 3.8) is 0 Å². The first-order valence-electron chi connectivity index (χ1n) is 4.78. The number of rotatable bonds is 3. The fourth-order valence-corrected chi connectivity index (χ4v) is 1.90. The summed E-state index contributed by atoms with van der Waals surface area (Å²) < 4.78 is 0. The highest BCUT2D eigenvalue weighted by Crippen LogP contribution is 2.22. The number of hydrogen-bond donors (Lipinski definition) is 2. The van der Waals surface area contributed by atoms with Crippen LogP contribution in [0.3, 0.4) is 0 Å². The second-order valence-corrected chi connectivity index (χ2v) is 4.87. The van der Waals surface area contributed by atoms with Gasteiger partial charge in [0.2, 0.25) is 0 Å². The molecule has 3 nitrogen and oxygen atoms in total. The highest BCUT2D eigenvalue weighted by molar-refractivity contribution is 7.14. The van der Waals surface area contributed by atoms with Crippen LogP contribution in [0.15, 0.2) is 17.7 Å². The van der Waals surface area contributed by atoms with E-state index < -0.39 is 0 Å². The molecule has 15 heavy (non-hydrogen) atoms. The van der Waals surface area contributed by atoms with Gasteiger partial charge < -0.3 is 11.1 Å². The molecule has 4 heteroatoms. The van der Waals surface area contributed by atoms with E-state index in [2.05, 4.69) is 5.32 Å². The number of nitrogen functional groups attached to an aromatic ring is 1. The maximum Gasteiger partial charge on any atom is 0.261 e. The maximum atomic E-state index is 11.6. The van der Waals surface area contributed by atoms with E-state index in [1.807, 2.05) is 26.8 Å². The molecule has 82 valence electrons. The Balaban J connectivity index is 2.58. The van der Waals surface area contributed by atoms with Gasteiger partial charge >= 0.3 is 0 Å². The van der Waals surface area contributed by atoms with E-state index in [-0.39, 0.29) is 5.91 Å². The van der Waals surface area contributed by atoms with E-state index in [4.69, 9.17) is 5.73 Å². The predicted molar refractivity (Wildman–Crippen MR) is 65.2 cm³/mol. The first-order chi connectivity index (χ1) is 7.00. The van der Waals surface area contributed by atoms with Gasteiger partial charge in [-0.3, -0.25) is 4.79 Å². The summed E-state index contributed by atoms with van der Waals surface area (Å²) in [4.78, 5) is 13.3. The average Bonchev–Trinajstić information content (AvgIpc) is 2.46. The number of nitrogens with two attached hydrogens (primary N) is 1. The van der Waals surface area contributed by atoms with Gasteiger partial charge in [-0.05, 0) is 26.8 Å². The zero-order chi connectivity index (χ0) is 11.4. The van der Waals surface area contributed by atoms with Gasteiger partial charge in [-0.2, -0.15) is 0 Å². The van der Waals surface area contributed by atoms with Gasteiger partial charge in [-0.25, -0.2) is 0 Å². The van der Waals surface area contributed by atoms with Crippen molar-refractivity contribution in [3.8, 4) is 0 Å². The van der Waals surface area contributed by atoms with Gasteiger partial charge in [0.05, 0.1) is 4.88 Å². The molecule has 0 radical (unpaired) electrons. The SMILES string of the molecule is CC(C)=CCNC(=O)c1cc(N)c(C)s1. The molecule has 1 heterocycles. The summed E-state index contributed by atoms with van der Waals surface area (Å²) in [5.41, 5.74) is 7.55. The van der Waals surface area contributed by atoms with E-state index >= 15 is 0 Å². The minimum atomic E-state index is -0.0581. The number of carbonyl (C=O) groups is 1. The number of carbonyl (C=O) groups excluding carboxylic acids is 1. The number of anilines is 1. The summed E-state index contributed by atoms with van der Waals surface area (Å²) in [6.45, 7) is 6.48. The molecule has 0 saturated carbocycles. The van der Waals surface area contributed by atoms with E-state index in [1.165, 1.54) is 16.9 Å². The Bertz CT molecular complexity index is 370. The molecule has 0 saturated heterocycles. The first kappa shape index (κ1) is 11.8. The van der Waals surface area contributed by atoms with Crippen molar-refractivity contribution in [2.75, 3.05) is 12.3 Å². The lowest BCUT2D eigenvalue weighted by Gasteiger charge is -1.99. The first-order valence-corrected chi connectivity index (χ1v) is 5.60. The van der Waals surface area contributed by atoms with Crippen molar-refractivity contribution in [2.45, 2.75) is 20.8 Å². The third kappa shape index (κ3) is 3.40. The van der Waals surface area contributed by atoms with Crippen LogP contribution in [0.4, 0.5) is 5.69 Å². The largest absolute Gasteiger partial charge is 0.398 e. The number of thiophene rings is 1. The van der Waals surface area contributed by atoms with Crippen LogP contribution in [-0.2, 0) is 0 Å². The second-order valence-electron chi connectivity index (χ2n) is 3.61. The normalized spacial score (nSPS) is 9.80. The smallest absolute Gasteiger partial charge is 0.261 e. The Labute approximate surface area is 94.0 Å². The highest BCUT2D eigenvalue weighted by atomic mass is 32.1. The average molecular weight is 224 g/mol. The molecule has 0 aromatic carbocycles. The molecule has 3 N–H and O–H groups in total. The molecule has 0 aliphatic heterocycles. The van der Waals surface area contributed by atoms with Crippen LogP contribution >= 0.6 is 11.3 Å². The molecule has 0 fully saturated rings. The van der Waals surface area contributed by atoms with Crippen LogP contribution in [0.5, 0.6) is 0 Å². The summed E-state index contributed by atoms with van der Waals surface area (Å²) in [5.74, 6) is -0.0581. The van der Waals surface area contributed by atoms with Gasteiger partial charge in [0.1, 0.15) is 0 Å². The summed E-state index contributed by atoms with van der Waals surface area (Å²) in [6.07, 6.45) is 1.97. The monoisotopic (exact) mass is 224 g/mol. The Morgan fingerprint density at radius 1 is 1.60 bits per heavy atom. The van der Waals surface area contributed by atoms with E-state index in [0.717, 1.165) is 4.88 Å². The molecule has 0 unspecified atom stereocenters. The fraction of sp³-hybridized carbons (Fsp3) is 0.364. The van der Waals surface area contributed by atoms with Crippen LogP contribution in [-0.4, -0.2) is 12.5 Å². The summed E-state index contributed by atoms with van der Waals surface area (Å²) >= 11 is 1.42. The molecule has 1 aromatic rings. The fourth-order valence-electron chi connectivity index (χ4n) is 1.04. The highest BCUT2D eigenvalue weighted by Gasteiger charge is 2.09.